The van der Waals surface area contributed by atoms with Crippen molar-refractivity contribution in [2.45, 2.75) is 38.1 Å². The molecule has 0 fully saturated rings. The van der Waals surface area contributed by atoms with E-state index in [0.29, 0.717) is 12.4 Å². The second-order valence-electron chi connectivity index (χ2n) is 7.60. The van der Waals surface area contributed by atoms with Crippen LogP contribution in [-0.2, 0) is 19.3 Å². The van der Waals surface area contributed by atoms with Gasteiger partial charge in [-0.1, -0.05) is 30.3 Å². The molecule has 3 aromatic heterocycles. The molecule has 4 N–H and O–H groups in total. The lowest BCUT2D eigenvalue weighted by Gasteiger charge is -2.16. The van der Waals surface area contributed by atoms with E-state index in [1.165, 1.54) is 34.2 Å². The molecule has 1 atom stereocenters. The fourth-order valence-electron chi connectivity index (χ4n) is 4.00. The van der Waals surface area contributed by atoms with Gasteiger partial charge in [0.25, 0.3) is 0 Å². The molecule has 0 aliphatic heterocycles. The SMILES string of the molecule is NC(CNc1nc(-c2cn[nH]c2)nc2sc3c(c12)CCCC3)Cc1ccccc1. The summed E-state index contributed by atoms with van der Waals surface area (Å²) >= 11 is 1.81. The first-order valence-corrected chi connectivity index (χ1v) is 10.9. The molecule has 6 nitrogen and oxygen atoms in total. The third kappa shape index (κ3) is 3.75. The fourth-order valence-corrected chi connectivity index (χ4v) is 5.27. The predicted octanol–water partition coefficient (Wildman–Crippen LogP) is 3.94. The molecule has 0 amide bonds. The average molecular weight is 405 g/mol. The Morgan fingerprint density at radius 2 is 2.00 bits per heavy atom. The number of aromatic nitrogens is 4. The van der Waals surface area contributed by atoms with E-state index >= 15 is 0 Å². The number of fused-ring (bicyclic) bond motifs is 3. The highest BCUT2D eigenvalue weighted by molar-refractivity contribution is 7.19. The number of H-pyrrole nitrogens is 1. The van der Waals surface area contributed by atoms with Gasteiger partial charge in [-0.05, 0) is 43.2 Å². The third-order valence-corrected chi connectivity index (χ3v) is 6.63. The van der Waals surface area contributed by atoms with E-state index in [-0.39, 0.29) is 6.04 Å². The Balaban J connectivity index is 1.46. The standard InChI is InChI=1S/C22H24N6S/c23-16(10-14-6-2-1-3-7-14)13-24-21-19-17-8-4-5-9-18(17)29-22(19)28-20(27-21)15-11-25-26-12-15/h1-3,6-7,11-12,16H,4-5,8-10,13,23H2,(H,25,26)(H,24,27,28). The number of aromatic amines is 1. The Kier molecular flexibility index (Phi) is 4.99. The van der Waals surface area contributed by atoms with Crippen LogP contribution in [0.2, 0.25) is 0 Å². The zero-order chi connectivity index (χ0) is 19.6. The molecule has 1 aliphatic rings. The van der Waals surface area contributed by atoms with Crippen molar-refractivity contribution in [2.24, 2.45) is 5.73 Å². The van der Waals surface area contributed by atoms with Crippen molar-refractivity contribution in [3.05, 3.63) is 58.7 Å². The normalized spacial score (nSPS) is 14.7. The summed E-state index contributed by atoms with van der Waals surface area (Å²) in [7, 11) is 0. The maximum absolute atomic E-state index is 6.43. The van der Waals surface area contributed by atoms with Gasteiger partial charge in [-0.3, -0.25) is 5.10 Å². The molecule has 1 unspecified atom stereocenters. The van der Waals surface area contributed by atoms with Crippen LogP contribution in [0.4, 0.5) is 5.82 Å². The first-order chi connectivity index (χ1) is 14.3. The quantitative estimate of drug-likeness (QED) is 0.453. The molecule has 0 saturated carbocycles. The van der Waals surface area contributed by atoms with Crippen molar-refractivity contribution in [2.75, 3.05) is 11.9 Å². The molecule has 0 spiro atoms. The summed E-state index contributed by atoms with van der Waals surface area (Å²) in [6.45, 7) is 0.663. The van der Waals surface area contributed by atoms with Crippen LogP contribution in [0.1, 0.15) is 28.8 Å². The van der Waals surface area contributed by atoms with Gasteiger partial charge in [-0.15, -0.1) is 11.3 Å². The average Bonchev–Trinajstić information content (AvgIpc) is 3.40. The number of aryl methyl sites for hydroxylation is 2. The van der Waals surface area contributed by atoms with Crippen LogP contribution in [0.25, 0.3) is 21.6 Å². The van der Waals surface area contributed by atoms with Crippen LogP contribution >= 0.6 is 11.3 Å². The second-order valence-corrected chi connectivity index (χ2v) is 8.69. The lowest BCUT2D eigenvalue weighted by Crippen LogP contribution is -2.31. The van der Waals surface area contributed by atoms with E-state index < -0.39 is 0 Å². The van der Waals surface area contributed by atoms with Gasteiger partial charge in [0.05, 0.1) is 17.1 Å². The Morgan fingerprint density at radius 3 is 2.83 bits per heavy atom. The van der Waals surface area contributed by atoms with E-state index in [1.54, 1.807) is 6.20 Å². The zero-order valence-electron chi connectivity index (χ0n) is 16.2. The maximum atomic E-state index is 6.43. The van der Waals surface area contributed by atoms with E-state index in [2.05, 4.69) is 39.8 Å². The minimum atomic E-state index is 0.00857. The van der Waals surface area contributed by atoms with E-state index in [4.69, 9.17) is 15.7 Å². The van der Waals surface area contributed by atoms with E-state index in [1.807, 2.05) is 23.6 Å². The minimum absolute atomic E-state index is 0.00857. The Morgan fingerprint density at radius 1 is 1.14 bits per heavy atom. The highest BCUT2D eigenvalue weighted by Gasteiger charge is 2.22. The maximum Gasteiger partial charge on any atom is 0.166 e. The molecular weight excluding hydrogens is 380 g/mol. The lowest BCUT2D eigenvalue weighted by atomic mass is 9.97. The molecule has 0 bridgehead atoms. The topological polar surface area (TPSA) is 92.5 Å². The lowest BCUT2D eigenvalue weighted by molar-refractivity contribution is 0.695. The zero-order valence-corrected chi connectivity index (χ0v) is 17.0. The summed E-state index contributed by atoms with van der Waals surface area (Å²) in [5.41, 5.74) is 10.00. The Hall–Kier alpha value is -2.77. The van der Waals surface area contributed by atoms with E-state index in [9.17, 15) is 0 Å². The van der Waals surface area contributed by atoms with Crippen LogP contribution < -0.4 is 11.1 Å². The predicted molar refractivity (Wildman–Crippen MR) is 118 cm³/mol. The molecule has 29 heavy (non-hydrogen) atoms. The molecule has 3 heterocycles. The summed E-state index contributed by atoms with van der Waals surface area (Å²) in [6.07, 6.45) is 9.16. The van der Waals surface area contributed by atoms with Crippen molar-refractivity contribution in [1.82, 2.24) is 20.2 Å². The molecule has 0 saturated heterocycles. The second kappa shape index (κ2) is 7.93. The van der Waals surface area contributed by atoms with Gasteiger partial charge in [0.2, 0.25) is 0 Å². The van der Waals surface area contributed by atoms with Crippen LogP contribution in [-0.4, -0.2) is 32.8 Å². The summed E-state index contributed by atoms with van der Waals surface area (Å²) < 4.78 is 0. The fraction of sp³-hybridized carbons (Fsp3) is 0.318. The summed E-state index contributed by atoms with van der Waals surface area (Å²) in [5.74, 6) is 1.60. The number of nitrogens with one attached hydrogen (secondary N) is 2. The van der Waals surface area contributed by atoms with Gasteiger partial charge in [0.15, 0.2) is 5.82 Å². The number of hydrogen-bond donors (Lipinski definition) is 3. The molecule has 5 rings (SSSR count). The van der Waals surface area contributed by atoms with Gasteiger partial charge in [0.1, 0.15) is 10.6 Å². The number of hydrogen-bond acceptors (Lipinski definition) is 6. The molecular formula is C22H24N6S. The highest BCUT2D eigenvalue weighted by Crippen LogP contribution is 2.39. The first kappa shape index (κ1) is 18.3. The minimum Gasteiger partial charge on any atom is -0.368 e. The summed E-state index contributed by atoms with van der Waals surface area (Å²) in [5, 5.41) is 11.6. The van der Waals surface area contributed by atoms with Crippen molar-refractivity contribution >= 4 is 27.4 Å². The first-order valence-electron chi connectivity index (χ1n) is 10.1. The molecule has 7 heteroatoms. The third-order valence-electron chi connectivity index (χ3n) is 5.44. The van der Waals surface area contributed by atoms with Gasteiger partial charge in [-0.25, -0.2) is 9.97 Å². The molecule has 1 aliphatic carbocycles. The number of rotatable bonds is 6. The smallest absolute Gasteiger partial charge is 0.166 e. The summed E-state index contributed by atoms with van der Waals surface area (Å²) in [4.78, 5) is 12.2. The number of nitrogens with zero attached hydrogens (tertiary/aromatic N) is 3. The molecule has 148 valence electrons. The van der Waals surface area contributed by atoms with Crippen molar-refractivity contribution < 1.29 is 0 Å². The number of anilines is 1. The monoisotopic (exact) mass is 404 g/mol. The Labute approximate surface area is 173 Å². The Bertz CT molecular complexity index is 1100. The van der Waals surface area contributed by atoms with Gasteiger partial charge in [0, 0.05) is 23.7 Å². The van der Waals surface area contributed by atoms with Gasteiger partial charge < -0.3 is 11.1 Å². The number of nitrogens with two attached hydrogens (primary N) is 1. The van der Waals surface area contributed by atoms with Crippen molar-refractivity contribution in [3.63, 3.8) is 0 Å². The van der Waals surface area contributed by atoms with Crippen LogP contribution in [0.5, 0.6) is 0 Å². The molecule has 4 aromatic rings. The number of benzene rings is 1. The van der Waals surface area contributed by atoms with Crippen molar-refractivity contribution in [1.29, 1.82) is 0 Å². The van der Waals surface area contributed by atoms with Gasteiger partial charge in [-0.2, -0.15) is 5.10 Å². The highest BCUT2D eigenvalue weighted by atomic mass is 32.1. The van der Waals surface area contributed by atoms with Gasteiger partial charge >= 0.3 is 0 Å². The van der Waals surface area contributed by atoms with Crippen molar-refractivity contribution in [3.8, 4) is 11.4 Å². The molecule has 0 radical (unpaired) electrons. The largest absolute Gasteiger partial charge is 0.368 e. The van der Waals surface area contributed by atoms with Crippen LogP contribution in [0, 0.1) is 0 Å². The van der Waals surface area contributed by atoms with Crippen LogP contribution in [0.15, 0.2) is 42.7 Å². The van der Waals surface area contributed by atoms with E-state index in [0.717, 1.165) is 35.5 Å². The molecule has 1 aromatic carbocycles. The number of thiophene rings is 1. The summed E-state index contributed by atoms with van der Waals surface area (Å²) in [6, 6.07) is 10.4. The van der Waals surface area contributed by atoms with Crippen LogP contribution in [0.3, 0.4) is 0 Å².